The fraction of sp³-hybridized carbons (Fsp3) is 0.667. The smallest absolute Gasteiger partial charge is 0.310 e. The van der Waals surface area contributed by atoms with E-state index in [2.05, 4.69) is 20.5 Å². The van der Waals surface area contributed by atoms with Crippen LogP contribution in [0, 0.1) is 12.3 Å². The number of carbonyl (C=O) groups is 2. The Labute approximate surface area is 110 Å². The molecule has 0 saturated heterocycles. The Morgan fingerprint density at radius 1 is 1.37 bits per heavy atom. The maximum atomic E-state index is 11.9. The molecule has 3 N–H and O–H groups in total. The first-order valence-corrected chi connectivity index (χ1v) is 6.44. The molecule has 0 atom stereocenters. The Morgan fingerprint density at radius 3 is 2.58 bits per heavy atom. The van der Waals surface area contributed by atoms with Crippen LogP contribution in [-0.2, 0) is 9.59 Å². The van der Waals surface area contributed by atoms with Crippen molar-refractivity contribution in [2.75, 3.05) is 5.32 Å². The molecular formula is C12H18N4O3. The molecule has 104 valence electrons. The van der Waals surface area contributed by atoms with Crippen molar-refractivity contribution in [2.45, 2.75) is 45.4 Å². The molecule has 0 unspecified atom stereocenters. The number of rotatable bonds is 4. The number of nitrogens with one attached hydrogen (secondary N) is 2. The second-order valence-electron chi connectivity index (χ2n) is 5.12. The van der Waals surface area contributed by atoms with Crippen molar-refractivity contribution in [2.24, 2.45) is 5.41 Å². The molecule has 1 aromatic rings. The summed E-state index contributed by atoms with van der Waals surface area (Å²) in [4.78, 5) is 27.3. The molecule has 1 saturated carbocycles. The number of anilines is 1. The number of nitrogens with zero attached hydrogens (tertiary/aromatic N) is 2. The number of hydrogen-bond donors (Lipinski definition) is 3. The molecule has 0 bridgehead atoms. The third-order valence-corrected chi connectivity index (χ3v) is 3.61. The minimum atomic E-state index is -0.923. The van der Waals surface area contributed by atoms with E-state index in [9.17, 15) is 14.7 Å². The van der Waals surface area contributed by atoms with E-state index in [1.165, 1.54) is 0 Å². The number of hydrogen-bond acceptors (Lipinski definition) is 4. The summed E-state index contributed by atoms with van der Waals surface area (Å²) in [6, 6.07) is 0. The normalized spacial score (nSPS) is 17.9. The topological polar surface area (TPSA) is 108 Å². The second kappa shape index (κ2) is 5.38. The minimum Gasteiger partial charge on any atom is -0.481 e. The molecule has 1 fully saturated rings. The maximum Gasteiger partial charge on any atom is 0.310 e. The van der Waals surface area contributed by atoms with Gasteiger partial charge in [-0.15, -0.1) is 5.10 Å². The molecule has 1 amide bonds. The molecule has 0 aromatic carbocycles. The quantitative estimate of drug-likeness (QED) is 0.765. The van der Waals surface area contributed by atoms with Crippen LogP contribution in [0.15, 0.2) is 0 Å². The average molecular weight is 266 g/mol. The number of aromatic nitrogens is 3. The van der Waals surface area contributed by atoms with Crippen LogP contribution in [0.5, 0.6) is 0 Å². The van der Waals surface area contributed by atoms with Gasteiger partial charge in [-0.2, -0.15) is 4.98 Å². The highest BCUT2D eigenvalue weighted by atomic mass is 16.4. The van der Waals surface area contributed by atoms with Gasteiger partial charge in [0.2, 0.25) is 11.9 Å². The van der Waals surface area contributed by atoms with Gasteiger partial charge < -0.3 is 5.11 Å². The maximum absolute atomic E-state index is 11.9. The highest BCUT2D eigenvalue weighted by molar-refractivity contribution is 5.93. The molecule has 0 spiro atoms. The van der Waals surface area contributed by atoms with Gasteiger partial charge in [-0.25, -0.2) is 0 Å². The Morgan fingerprint density at radius 2 is 2.05 bits per heavy atom. The van der Waals surface area contributed by atoms with Gasteiger partial charge in [0.25, 0.3) is 0 Å². The number of carbonyl (C=O) groups excluding carboxylic acids is 1. The molecular weight excluding hydrogens is 248 g/mol. The molecule has 7 heteroatoms. The van der Waals surface area contributed by atoms with Crippen molar-refractivity contribution >= 4 is 17.8 Å². The number of aliphatic carboxylic acids is 1. The zero-order valence-electron chi connectivity index (χ0n) is 10.9. The summed E-state index contributed by atoms with van der Waals surface area (Å²) >= 11 is 0. The van der Waals surface area contributed by atoms with E-state index < -0.39 is 11.4 Å². The van der Waals surface area contributed by atoms with Gasteiger partial charge in [-0.3, -0.25) is 20.0 Å². The van der Waals surface area contributed by atoms with E-state index in [1.54, 1.807) is 6.92 Å². The van der Waals surface area contributed by atoms with Gasteiger partial charge in [0.1, 0.15) is 5.82 Å². The number of carboxylic acid groups (broad SMARTS) is 1. The number of aryl methyl sites for hydroxylation is 1. The summed E-state index contributed by atoms with van der Waals surface area (Å²) in [5.41, 5.74) is -0.923. The minimum absolute atomic E-state index is 0.0179. The molecule has 7 nitrogen and oxygen atoms in total. The van der Waals surface area contributed by atoms with Crippen LogP contribution in [0.3, 0.4) is 0 Å². The second-order valence-corrected chi connectivity index (χ2v) is 5.12. The average Bonchev–Trinajstić information content (AvgIpc) is 2.75. The zero-order valence-corrected chi connectivity index (χ0v) is 10.9. The van der Waals surface area contributed by atoms with Crippen molar-refractivity contribution in [3.05, 3.63) is 5.82 Å². The van der Waals surface area contributed by atoms with Gasteiger partial charge in [0.15, 0.2) is 0 Å². The van der Waals surface area contributed by atoms with Crippen molar-refractivity contribution in [3.63, 3.8) is 0 Å². The Bertz CT molecular complexity index is 477. The molecule has 0 aliphatic heterocycles. The Hall–Kier alpha value is -1.92. The summed E-state index contributed by atoms with van der Waals surface area (Å²) in [5, 5.41) is 18.3. The van der Waals surface area contributed by atoms with E-state index in [-0.39, 0.29) is 18.3 Å². The lowest BCUT2D eigenvalue weighted by molar-refractivity contribution is -0.153. The zero-order chi connectivity index (χ0) is 13.9. The molecule has 19 heavy (non-hydrogen) atoms. The first-order valence-electron chi connectivity index (χ1n) is 6.44. The SMILES string of the molecule is Cc1nc(NC(=O)CC2(C(=O)O)CCCCC2)n[nH]1. The molecule has 1 aromatic heterocycles. The van der Waals surface area contributed by atoms with Crippen molar-refractivity contribution in [1.82, 2.24) is 15.2 Å². The number of H-pyrrole nitrogens is 1. The first-order chi connectivity index (χ1) is 9.02. The fourth-order valence-corrected chi connectivity index (χ4v) is 2.57. The van der Waals surface area contributed by atoms with Crippen LogP contribution in [0.1, 0.15) is 44.3 Å². The fourth-order valence-electron chi connectivity index (χ4n) is 2.57. The van der Waals surface area contributed by atoms with Gasteiger partial charge >= 0.3 is 5.97 Å². The van der Waals surface area contributed by atoms with Crippen molar-refractivity contribution in [3.8, 4) is 0 Å². The summed E-state index contributed by atoms with van der Waals surface area (Å²) < 4.78 is 0. The standard InChI is InChI=1S/C12H18N4O3/c1-8-13-11(16-15-8)14-9(17)7-12(10(18)19)5-3-2-4-6-12/h2-7H2,1H3,(H,18,19)(H2,13,14,15,16,17). The van der Waals surface area contributed by atoms with Crippen LogP contribution < -0.4 is 5.32 Å². The van der Waals surface area contributed by atoms with E-state index in [1.807, 2.05) is 0 Å². The third-order valence-electron chi connectivity index (χ3n) is 3.61. The van der Waals surface area contributed by atoms with Crippen LogP contribution in [0.4, 0.5) is 5.95 Å². The summed E-state index contributed by atoms with van der Waals surface area (Å²) in [5.74, 6) is -0.434. The lowest BCUT2D eigenvalue weighted by Gasteiger charge is -2.32. The molecule has 0 radical (unpaired) electrons. The monoisotopic (exact) mass is 266 g/mol. The van der Waals surface area contributed by atoms with Gasteiger partial charge in [0.05, 0.1) is 5.41 Å². The van der Waals surface area contributed by atoms with Gasteiger partial charge in [-0.05, 0) is 19.8 Å². The number of amides is 1. The number of aromatic amines is 1. The van der Waals surface area contributed by atoms with Crippen molar-refractivity contribution in [1.29, 1.82) is 0 Å². The molecule has 1 heterocycles. The summed E-state index contributed by atoms with van der Waals surface area (Å²) in [7, 11) is 0. The lowest BCUT2D eigenvalue weighted by Crippen LogP contribution is -2.37. The highest BCUT2D eigenvalue weighted by Crippen LogP contribution is 2.39. The molecule has 1 aliphatic carbocycles. The van der Waals surface area contributed by atoms with E-state index in [0.29, 0.717) is 18.7 Å². The summed E-state index contributed by atoms with van der Waals surface area (Å²) in [6.45, 7) is 1.72. The van der Waals surface area contributed by atoms with Crippen LogP contribution in [0.2, 0.25) is 0 Å². The highest BCUT2D eigenvalue weighted by Gasteiger charge is 2.41. The van der Waals surface area contributed by atoms with Gasteiger partial charge in [0, 0.05) is 6.42 Å². The summed E-state index contributed by atoms with van der Waals surface area (Å²) in [6.07, 6.45) is 3.86. The lowest BCUT2D eigenvalue weighted by atomic mass is 9.71. The van der Waals surface area contributed by atoms with E-state index >= 15 is 0 Å². The predicted octanol–water partition coefficient (Wildman–Crippen LogP) is 1.48. The van der Waals surface area contributed by atoms with Gasteiger partial charge in [-0.1, -0.05) is 19.3 Å². The predicted molar refractivity (Wildman–Crippen MR) is 67.5 cm³/mol. The largest absolute Gasteiger partial charge is 0.481 e. The van der Waals surface area contributed by atoms with E-state index in [4.69, 9.17) is 0 Å². The van der Waals surface area contributed by atoms with Crippen LogP contribution in [-0.4, -0.2) is 32.2 Å². The third kappa shape index (κ3) is 3.10. The van der Waals surface area contributed by atoms with Crippen molar-refractivity contribution < 1.29 is 14.7 Å². The Kier molecular flexibility index (Phi) is 3.82. The first kappa shape index (κ1) is 13.5. The molecule has 1 aliphatic rings. The van der Waals surface area contributed by atoms with Crippen LogP contribution in [0.25, 0.3) is 0 Å². The number of carboxylic acids is 1. The molecule has 2 rings (SSSR count). The Balaban J connectivity index is 2.01. The van der Waals surface area contributed by atoms with E-state index in [0.717, 1.165) is 19.3 Å². The van der Waals surface area contributed by atoms with Crippen LogP contribution >= 0.6 is 0 Å².